The predicted molar refractivity (Wildman–Crippen MR) is 78.2 cm³/mol. The van der Waals surface area contributed by atoms with E-state index in [4.69, 9.17) is 9.47 Å². The fourth-order valence-electron chi connectivity index (χ4n) is 2.58. The number of ether oxygens (including phenoxy) is 2. The normalized spacial score (nSPS) is 13.8. The molecule has 0 atom stereocenters. The third-order valence-electron chi connectivity index (χ3n) is 3.81. The minimum atomic E-state index is 0.257. The Morgan fingerprint density at radius 2 is 1.85 bits per heavy atom. The highest BCUT2D eigenvalue weighted by atomic mass is 16.5. The largest absolute Gasteiger partial charge is 0.493 e. The van der Waals surface area contributed by atoms with Crippen molar-refractivity contribution in [1.29, 1.82) is 0 Å². The molecule has 0 saturated carbocycles. The number of hydrogen-bond donors (Lipinski definition) is 0. The maximum absolute atomic E-state index is 12.1. The SMILES string of the molecule is CCCCC(=O)N1CCc2cc(OC)c(OC)cc2C1. The zero-order valence-electron chi connectivity index (χ0n) is 12.6. The summed E-state index contributed by atoms with van der Waals surface area (Å²) in [5.41, 5.74) is 2.42. The summed E-state index contributed by atoms with van der Waals surface area (Å²) in [6, 6.07) is 4.02. The molecular formula is C16H23NO3. The van der Waals surface area contributed by atoms with E-state index in [1.54, 1.807) is 14.2 Å². The number of carbonyl (C=O) groups is 1. The number of methoxy groups -OCH3 is 2. The van der Waals surface area contributed by atoms with E-state index in [1.807, 2.05) is 17.0 Å². The summed E-state index contributed by atoms with van der Waals surface area (Å²) in [4.78, 5) is 14.1. The Labute approximate surface area is 120 Å². The van der Waals surface area contributed by atoms with Gasteiger partial charge in [-0.3, -0.25) is 4.79 Å². The minimum Gasteiger partial charge on any atom is -0.493 e. The Morgan fingerprint density at radius 1 is 1.20 bits per heavy atom. The highest BCUT2D eigenvalue weighted by Gasteiger charge is 2.22. The van der Waals surface area contributed by atoms with Crippen LogP contribution in [0, 0.1) is 0 Å². The average molecular weight is 277 g/mol. The van der Waals surface area contributed by atoms with Crippen molar-refractivity contribution < 1.29 is 14.3 Å². The molecule has 1 aromatic rings. The van der Waals surface area contributed by atoms with E-state index in [2.05, 4.69) is 6.92 Å². The first-order valence-electron chi connectivity index (χ1n) is 7.21. The summed E-state index contributed by atoms with van der Waals surface area (Å²) in [7, 11) is 3.28. The highest BCUT2D eigenvalue weighted by molar-refractivity contribution is 5.76. The lowest BCUT2D eigenvalue weighted by Gasteiger charge is -2.29. The van der Waals surface area contributed by atoms with Gasteiger partial charge in [0, 0.05) is 19.5 Å². The van der Waals surface area contributed by atoms with Gasteiger partial charge in [0.25, 0.3) is 0 Å². The minimum absolute atomic E-state index is 0.257. The molecule has 0 bridgehead atoms. The standard InChI is InChI=1S/C16H23NO3/c1-4-5-6-16(18)17-8-7-12-9-14(19-2)15(20-3)10-13(12)11-17/h9-10H,4-8,11H2,1-3H3. The van der Waals surface area contributed by atoms with Gasteiger partial charge in [-0.25, -0.2) is 0 Å². The number of hydrogen-bond acceptors (Lipinski definition) is 3. The fourth-order valence-corrected chi connectivity index (χ4v) is 2.58. The molecular weight excluding hydrogens is 254 g/mol. The van der Waals surface area contributed by atoms with Crippen molar-refractivity contribution in [3.8, 4) is 11.5 Å². The van der Waals surface area contributed by atoms with Gasteiger partial charge in [0.15, 0.2) is 11.5 Å². The lowest BCUT2D eigenvalue weighted by atomic mass is 9.98. The summed E-state index contributed by atoms with van der Waals surface area (Å²) in [5.74, 6) is 1.75. The molecule has 1 aliphatic heterocycles. The summed E-state index contributed by atoms with van der Waals surface area (Å²) < 4.78 is 10.7. The van der Waals surface area contributed by atoms with E-state index in [-0.39, 0.29) is 5.91 Å². The van der Waals surface area contributed by atoms with Crippen molar-refractivity contribution in [2.24, 2.45) is 0 Å². The molecule has 4 nitrogen and oxygen atoms in total. The van der Waals surface area contributed by atoms with Crippen molar-refractivity contribution >= 4 is 5.91 Å². The zero-order chi connectivity index (χ0) is 14.5. The van der Waals surface area contributed by atoms with Gasteiger partial charge in [0.2, 0.25) is 5.91 Å². The first-order chi connectivity index (χ1) is 9.69. The number of benzene rings is 1. The zero-order valence-corrected chi connectivity index (χ0v) is 12.6. The number of amides is 1. The van der Waals surface area contributed by atoms with Gasteiger partial charge in [-0.05, 0) is 36.1 Å². The molecule has 1 amide bonds. The van der Waals surface area contributed by atoms with Gasteiger partial charge < -0.3 is 14.4 Å². The Hall–Kier alpha value is -1.71. The van der Waals surface area contributed by atoms with Crippen LogP contribution in [0.2, 0.25) is 0 Å². The lowest BCUT2D eigenvalue weighted by Crippen LogP contribution is -2.35. The Kier molecular flexibility index (Phi) is 4.88. The van der Waals surface area contributed by atoms with Crippen LogP contribution < -0.4 is 9.47 Å². The molecule has 0 N–H and O–H groups in total. The van der Waals surface area contributed by atoms with Gasteiger partial charge in [-0.15, -0.1) is 0 Å². The number of carbonyl (C=O) groups excluding carboxylic acids is 1. The molecule has 0 aromatic heterocycles. The van der Waals surface area contributed by atoms with Crippen LogP contribution in [0.15, 0.2) is 12.1 Å². The third kappa shape index (κ3) is 3.06. The van der Waals surface area contributed by atoms with Crippen LogP contribution in [0.5, 0.6) is 11.5 Å². The summed E-state index contributed by atoms with van der Waals surface area (Å²) in [5, 5.41) is 0. The van der Waals surface area contributed by atoms with E-state index >= 15 is 0 Å². The average Bonchev–Trinajstić information content (AvgIpc) is 2.50. The van der Waals surface area contributed by atoms with E-state index in [0.29, 0.717) is 13.0 Å². The molecule has 4 heteroatoms. The maximum Gasteiger partial charge on any atom is 0.222 e. The smallest absolute Gasteiger partial charge is 0.222 e. The molecule has 1 aliphatic rings. The van der Waals surface area contributed by atoms with Crippen LogP contribution in [-0.4, -0.2) is 31.6 Å². The molecule has 1 heterocycles. The quantitative estimate of drug-likeness (QED) is 0.830. The number of rotatable bonds is 5. The van der Waals surface area contributed by atoms with Crippen LogP contribution >= 0.6 is 0 Å². The highest BCUT2D eigenvalue weighted by Crippen LogP contribution is 2.33. The summed E-state index contributed by atoms with van der Waals surface area (Å²) >= 11 is 0. The van der Waals surface area contributed by atoms with E-state index in [1.165, 1.54) is 11.1 Å². The molecule has 20 heavy (non-hydrogen) atoms. The summed E-state index contributed by atoms with van der Waals surface area (Å²) in [6.45, 7) is 3.58. The van der Waals surface area contributed by atoms with Gasteiger partial charge in [0.1, 0.15) is 0 Å². The van der Waals surface area contributed by atoms with Crippen molar-refractivity contribution in [3.05, 3.63) is 23.3 Å². The third-order valence-corrected chi connectivity index (χ3v) is 3.81. The molecule has 0 saturated heterocycles. The van der Waals surface area contributed by atoms with E-state index in [9.17, 15) is 4.79 Å². The van der Waals surface area contributed by atoms with Gasteiger partial charge >= 0.3 is 0 Å². The van der Waals surface area contributed by atoms with Gasteiger partial charge in [-0.1, -0.05) is 13.3 Å². The van der Waals surface area contributed by atoms with Crippen molar-refractivity contribution in [2.45, 2.75) is 39.2 Å². The predicted octanol–water partition coefficient (Wildman–Crippen LogP) is 2.78. The molecule has 0 unspecified atom stereocenters. The van der Waals surface area contributed by atoms with Gasteiger partial charge in [0.05, 0.1) is 14.2 Å². The monoisotopic (exact) mass is 277 g/mol. The van der Waals surface area contributed by atoms with E-state index in [0.717, 1.165) is 37.3 Å². The maximum atomic E-state index is 12.1. The van der Waals surface area contributed by atoms with Crippen LogP contribution in [-0.2, 0) is 17.8 Å². The van der Waals surface area contributed by atoms with Crippen molar-refractivity contribution in [2.75, 3.05) is 20.8 Å². The molecule has 2 rings (SSSR count). The van der Waals surface area contributed by atoms with Crippen LogP contribution in [0.1, 0.15) is 37.3 Å². The second-order valence-corrected chi connectivity index (χ2v) is 5.14. The summed E-state index contributed by atoms with van der Waals surface area (Å²) in [6.07, 6.45) is 3.56. The molecule has 0 aliphatic carbocycles. The molecule has 0 fully saturated rings. The number of fused-ring (bicyclic) bond motifs is 1. The second kappa shape index (κ2) is 6.64. The van der Waals surface area contributed by atoms with Crippen LogP contribution in [0.4, 0.5) is 0 Å². The molecule has 110 valence electrons. The topological polar surface area (TPSA) is 38.8 Å². The number of nitrogens with zero attached hydrogens (tertiary/aromatic N) is 1. The Bertz CT molecular complexity index is 485. The van der Waals surface area contributed by atoms with Crippen molar-refractivity contribution in [1.82, 2.24) is 4.90 Å². The molecule has 0 radical (unpaired) electrons. The first-order valence-corrected chi connectivity index (χ1v) is 7.21. The first kappa shape index (κ1) is 14.7. The molecule has 0 spiro atoms. The Morgan fingerprint density at radius 3 is 2.45 bits per heavy atom. The molecule has 1 aromatic carbocycles. The van der Waals surface area contributed by atoms with Crippen LogP contribution in [0.3, 0.4) is 0 Å². The fraction of sp³-hybridized carbons (Fsp3) is 0.562. The van der Waals surface area contributed by atoms with Crippen molar-refractivity contribution in [3.63, 3.8) is 0 Å². The van der Waals surface area contributed by atoms with E-state index < -0.39 is 0 Å². The lowest BCUT2D eigenvalue weighted by molar-refractivity contribution is -0.132. The number of unbranched alkanes of at least 4 members (excludes halogenated alkanes) is 1. The second-order valence-electron chi connectivity index (χ2n) is 5.14. The van der Waals surface area contributed by atoms with Crippen LogP contribution in [0.25, 0.3) is 0 Å². The van der Waals surface area contributed by atoms with Gasteiger partial charge in [-0.2, -0.15) is 0 Å². The Balaban J connectivity index is 2.15.